The molecule has 1 saturated heterocycles. The Hall–Kier alpha value is -0.120. The molecule has 1 aliphatic rings. The second-order valence-electron chi connectivity index (χ2n) is 5.10. The fraction of sp³-hybridized carbons (Fsp3) is 1.00. The van der Waals surface area contributed by atoms with E-state index in [2.05, 4.69) is 18.7 Å². The number of ether oxygens (including phenoxy) is 1. The number of piperidine rings is 1. The topological polar surface area (TPSA) is 38.5 Å². The monoisotopic (exact) mass is 200 g/mol. The third-order valence-electron chi connectivity index (χ3n) is 3.04. The summed E-state index contributed by atoms with van der Waals surface area (Å²) in [6.07, 6.45) is 2.83. The van der Waals surface area contributed by atoms with E-state index in [-0.39, 0.29) is 6.10 Å². The van der Waals surface area contributed by atoms with Gasteiger partial charge in [0.25, 0.3) is 0 Å². The highest BCUT2D eigenvalue weighted by molar-refractivity contribution is 4.81. The Morgan fingerprint density at radius 3 is 2.71 bits per heavy atom. The molecular weight excluding hydrogens is 176 g/mol. The molecule has 1 fully saturated rings. The molecule has 0 aromatic heterocycles. The number of nitrogens with zero attached hydrogens (tertiary/aromatic N) is 1. The maximum Gasteiger partial charge on any atom is 0.0820 e. The summed E-state index contributed by atoms with van der Waals surface area (Å²) in [5.41, 5.74) is 6.08. The molecule has 0 aliphatic carbocycles. The van der Waals surface area contributed by atoms with E-state index in [1.807, 2.05) is 0 Å². The van der Waals surface area contributed by atoms with Crippen molar-refractivity contribution in [2.24, 2.45) is 11.1 Å². The van der Waals surface area contributed by atoms with Gasteiger partial charge in [0.15, 0.2) is 0 Å². The zero-order valence-corrected chi connectivity index (χ0v) is 9.75. The first kappa shape index (κ1) is 12.0. The Bertz CT molecular complexity index is 167. The number of hydrogen-bond acceptors (Lipinski definition) is 3. The Morgan fingerprint density at radius 1 is 1.50 bits per heavy atom. The van der Waals surface area contributed by atoms with Gasteiger partial charge in [0.1, 0.15) is 0 Å². The summed E-state index contributed by atoms with van der Waals surface area (Å²) < 4.78 is 5.30. The van der Waals surface area contributed by atoms with Crippen molar-refractivity contribution in [3.8, 4) is 0 Å². The molecule has 3 nitrogen and oxygen atoms in total. The van der Waals surface area contributed by atoms with E-state index in [9.17, 15) is 0 Å². The van der Waals surface area contributed by atoms with Crippen LogP contribution in [0.3, 0.4) is 0 Å². The normalized spacial score (nSPS) is 24.9. The van der Waals surface area contributed by atoms with Crippen LogP contribution in [-0.4, -0.2) is 44.3 Å². The first-order valence-electron chi connectivity index (χ1n) is 5.52. The third-order valence-corrected chi connectivity index (χ3v) is 3.04. The lowest BCUT2D eigenvalue weighted by Crippen LogP contribution is -2.45. The SMILES string of the molecule is COC(CN)CN1CCCC(C)(C)C1. The lowest BCUT2D eigenvalue weighted by Gasteiger charge is -2.39. The predicted molar refractivity (Wildman–Crippen MR) is 59.3 cm³/mol. The molecule has 1 heterocycles. The first-order valence-corrected chi connectivity index (χ1v) is 5.52. The van der Waals surface area contributed by atoms with Crippen molar-refractivity contribution < 1.29 is 4.74 Å². The molecule has 84 valence electrons. The average molecular weight is 200 g/mol. The molecule has 0 amide bonds. The lowest BCUT2D eigenvalue weighted by atomic mass is 9.84. The minimum absolute atomic E-state index is 0.198. The molecule has 1 rings (SSSR count). The van der Waals surface area contributed by atoms with Crippen molar-refractivity contribution in [3.63, 3.8) is 0 Å². The summed E-state index contributed by atoms with van der Waals surface area (Å²) >= 11 is 0. The molecule has 0 saturated carbocycles. The van der Waals surface area contributed by atoms with Gasteiger partial charge in [0, 0.05) is 26.7 Å². The fourth-order valence-electron chi connectivity index (χ4n) is 2.23. The van der Waals surface area contributed by atoms with E-state index in [4.69, 9.17) is 10.5 Å². The van der Waals surface area contributed by atoms with Crippen LogP contribution >= 0.6 is 0 Å². The van der Waals surface area contributed by atoms with Gasteiger partial charge in [-0.25, -0.2) is 0 Å². The number of rotatable bonds is 4. The molecule has 1 aliphatic heterocycles. The second kappa shape index (κ2) is 5.10. The third kappa shape index (κ3) is 3.56. The van der Waals surface area contributed by atoms with Crippen LogP contribution in [0.5, 0.6) is 0 Å². The number of hydrogen-bond donors (Lipinski definition) is 1. The molecule has 2 N–H and O–H groups in total. The maximum absolute atomic E-state index is 5.62. The van der Waals surface area contributed by atoms with Crippen LogP contribution in [0.2, 0.25) is 0 Å². The van der Waals surface area contributed by atoms with Crippen LogP contribution in [-0.2, 0) is 4.74 Å². The fourth-order valence-corrected chi connectivity index (χ4v) is 2.23. The van der Waals surface area contributed by atoms with Gasteiger partial charge in [-0.1, -0.05) is 13.8 Å². The van der Waals surface area contributed by atoms with E-state index >= 15 is 0 Å². The molecule has 0 aromatic carbocycles. The summed E-state index contributed by atoms with van der Waals surface area (Å²) in [6.45, 7) is 8.65. The highest BCUT2D eigenvalue weighted by atomic mass is 16.5. The van der Waals surface area contributed by atoms with E-state index in [0.717, 1.165) is 6.54 Å². The van der Waals surface area contributed by atoms with Gasteiger partial charge in [-0.05, 0) is 24.8 Å². The molecule has 3 heteroatoms. The Labute approximate surface area is 87.6 Å². The smallest absolute Gasteiger partial charge is 0.0820 e. The summed E-state index contributed by atoms with van der Waals surface area (Å²) in [5.74, 6) is 0. The summed E-state index contributed by atoms with van der Waals surface area (Å²) in [4.78, 5) is 2.48. The van der Waals surface area contributed by atoms with Crippen LogP contribution in [0.1, 0.15) is 26.7 Å². The van der Waals surface area contributed by atoms with Crippen LogP contribution < -0.4 is 5.73 Å². The Balaban J connectivity index is 2.37. The molecule has 0 aromatic rings. The quantitative estimate of drug-likeness (QED) is 0.738. The van der Waals surface area contributed by atoms with Crippen molar-refractivity contribution in [1.82, 2.24) is 4.90 Å². The number of likely N-dealkylation sites (tertiary alicyclic amines) is 1. The molecule has 14 heavy (non-hydrogen) atoms. The van der Waals surface area contributed by atoms with Gasteiger partial charge < -0.3 is 15.4 Å². The zero-order chi connectivity index (χ0) is 10.6. The van der Waals surface area contributed by atoms with E-state index < -0.39 is 0 Å². The highest BCUT2D eigenvalue weighted by Crippen LogP contribution is 2.28. The van der Waals surface area contributed by atoms with Crippen molar-refractivity contribution in [3.05, 3.63) is 0 Å². The van der Waals surface area contributed by atoms with Gasteiger partial charge in [0.2, 0.25) is 0 Å². The van der Waals surface area contributed by atoms with Crippen molar-refractivity contribution >= 4 is 0 Å². The van der Waals surface area contributed by atoms with Gasteiger partial charge in [-0.15, -0.1) is 0 Å². The standard InChI is InChI=1S/C11H24N2O/c1-11(2)5-4-6-13(9-11)8-10(7-12)14-3/h10H,4-9,12H2,1-3H3. The first-order chi connectivity index (χ1) is 6.57. The van der Waals surface area contributed by atoms with E-state index in [1.165, 1.54) is 25.9 Å². The maximum atomic E-state index is 5.62. The molecule has 0 spiro atoms. The minimum atomic E-state index is 0.198. The van der Waals surface area contributed by atoms with Crippen LogP contribution in [0.25, 0.3) is 0 Å². The summed E-state index contributed by atoms with van der Waals surface area (Å²) in [7, 11) is 1.74. The molecule has 1 unspecified atom stereocenters. The van der Waals surface area contributed by atoms with Gasteiger partial charge >= 0.3 is 0 Å². The van der Waals surface area contributed by atoms with Crippen molar-refractivity contribution in [2.75, 3.05) is 33.3 Å². The predicted octanol–water partition coefficient (Wildman–Crippen LogP) is 1.08. The van der Waals surface area contributed by atoms with E-state index in [1.54, 1.807) is 7.11 Å². The molecule has 0 bridgehead atoms. The van der Waals surface area contributed by atoms with Crippen LogP contribution in [0, 0.1) is 5.41 Å². The van der Waals surface area contributed by atoms with E-state index in [0.29, 0.717) is 12.0 Å². The average Bonchev–Trinajstić information content (AvgIpc) is 2.12. The van der Waals surface area contributed by atoms with Crippen LogP contribution in [0.4, 0.5) is 0 Å². The Morgan fingerprint density at radius 2 is 2.21 bits per heavy atom. The minimum Gasteiger partial charge on any atom is -0.379 e. The van der Waals surface area contributed by atoms with Gasteiger partial charge in [-0.2, -0.15) is 0 Å². The summed E-state index contributed by atoms with van der Waals surface area (Å²) in [5, 5.41) is 0. The molecular formula is C11H24N2O. The van der Waals surface area contributed by atoms with Crippen LogP contribution in [0.15, 0.2) is 0 Å². The largest absolute Gasteiger partial charge is 0.379 e. The highest BCUT2D eigenvalue weighted by Gasteiger charge is 2.27. The Kier molecular flexibility index (Phi) is 4.35. The molecule has 1 atom stereocenters. The number of nitrogens with two attached hydrogens (primary N) is 1. The van der Waals surface area contributed by atoms with Crippen molar-refractivity contribution in [2.45, 2.75) is 32.8 Å². The number of methoxy groups -OCH3 is 1. The second-order valence-corrected chi connectivity index (χ2v) is 5.10. The zero-order valence-electron chi connectivity index (χ0n) is 9.75. The van der Waals surface area contributed by atoms with Gasteiger partial charge in [-0.3, -0.25) is 0 Å². The van der Waals surface area contributed by atoms with Gasteiger partial charge in [0.05, 0.1) is 6.10 Å². The summed E-state index contributed by atoms with van der Waals surface area (Å²) in [6, 6.07) is 0. The lowest BCUT2D eigenvalue weighted by molar-refractivity contribution is 0.0378. The molecule has 0 radical (unpaired) electrons. The van der Waals surface area contributed by atoms with Crippen molar-refractivity contribution in [1.29, 1.82) is 0 Å².